The van der Waals surface area contributed by atoms with E-state index in [1.165, 1.54) is 4.90 Å². The number of hydrogen-bond acceptors (Lipinski definition) is 3. The topological polar surface area (TPSA) is 85.1 Å². The maximum absolute atomic E-state index is 12.9. The number of halogens is 1. The maximum atomic E-state index is 12.9. The number of benzene rings is 1. The van der Waals surface area contributed by atoms with Crippen molar-refractivity contribution in [2.75, 3.05) is 20.6 Å². The van der Waals surface area contributed by atoms with Crippen LogP contribution < -0.4 is 0 Å². The molecule has 0 radical (unpaired) electrons. The molecule has 2 N–H and O–H groups in total. The fraction of sp³-hybridized carbons (Fsp3) is 0.278. The summed E-state index contributed by atoms with van der Waals surface area (Å²) < 4.78 is 0.926. The number of para-hydroxylation sites is 1. The monoisotopic (exact) mass is 415 g/mol. The van der Waals surface area contributed by atoms with E-state index in [4.69, 9.17) is 0 Å². The minimum Gasteiger partial charge on any atom is -0.350 e. The molecule has 0 bridgehead atoms. The zero-order valence-corrected chi connectivity index (χ0v) is 16.1. The molecule has 7 nitrogen and oxygen atoms in total. The van der Waals surface area contributed by atoms with Crippen molar-refractivity contribution < 1.29 is 9.59 Å². The van der Waals surface area contributed by atoms with Crippen LogP contribution in [0.15, 0.2) is 28.7 Å². The summed E-state index contributed by atoms with van der Waals surface area (Å²) in [4.78, 5) is 31.6. The van der Waals surface area contributed by atoms with Gasteiger partial charge in [-0.2, -0.15) is 5.10 Å². The third-order valence-corrected chi connectivity index (χ3v) is 5.33. The minimum atomic E-state index is -0.122. The molecule has 8 heteroatoms. The molecular formula is C18H18BrN5O2. The molecule has 0 saturated carbocycles. The molecule has 2 amide bonds. The molecule has 0 aliphatic carbocycles. The summed E-state index contributed by atoms with van der Waals surface area (Å²) >= 11 is 3.50. The lowest BCUT2D eigenvalue weighted by atomic mass is 10.0. The van der Waals surface area contributed by atoms with Crippen LogP contribution in [0, 0.1) is 0 Å². The maximum Gasteiger partial charge on any atom is 0.274 e. The number of fused-ring (bicyclic) bond motifs is 2. The first-order chi connectivity index (χ1) is 12.5. The van der Waals surface area contributed by atoms with Crippen molar-refractivity contribution in [1.29, 1.82) is 0 Å². The summed E-state index contributed by atoms with van der Waals surface area (Å²) in [6.07, 6.45) is 0.608. The van der Waals surface area contributed by atoms with Gasteiger partial charge in [0, 0.05) is 36.1 Å². The Labute approximate surface area is 158 Å². The number of amides is 2. The van der Waals surface area contributed by atoms with E-state index >= 15 is 0 Å². The first-order valence-corrected chi connectivity index (χ1v) is 9.09. The second-order valence-electron chi connectivity index (χ2n) is 6.59. The average molecular weight is 416 g/mol. The van der Waals surface area contributed by atoms with Gasteiger partial charge in [0.25, 0.3) is 11.8 Å². The van der Waals surface area contributed by atoms with Crippen LogP contribution in [0.2, 0.25) is 0 Å². The highest BCUT2D eigenvalue weighted by molar-refractivity contribution is 9.10. The number of carbonyl (C=O) groups is 2. The number of aromatic nitrogens is 3. The molecular weight excluding hydrogens is 398 g/mol. The molecule has 0 atom stereocenters. The van der Waals surface area contributed by atoms with Gasteiger partial charge in [-0.05, 0) is 34.5 Å². The summed E-state index contributed by atoms with van der Waals surface area (Å²) in [7, 11) is 3.41. The number of H-pyrrole nitrogens is 2. The van der Waals surface area contributed by atoms with Gasteiger partial charge >= 0.3 is 0 Å². The van der Waals surface area contributed by atoms with Crippen molar-refractivity contribution in [2.45, 2.75) is 13.0 Å². The number of rotatable bonds is 2. The van der Waals surface area contributed by atoms with Crippen LogP contribution in [0.4, 0.5) is 0 Å². The first-order valence-electron chi connectivity index (χ1n) is 8.30. The smallest absolute Gasteiger partial charge is 0.274 e. The van der Waals surface area contributed by atoms with Gasteiger partial charge in [0.1, 0.15) is 5.69 Å². The Morgan fingerprint density at radius 3 is 2.85 bits per heavy atom. The van der Waals surface area contributed by atoms with Gasteiger partial charge in [0.15, 0.2) is 5.69 Å². The van der Waals surface area contributed by atoms with Crippen LogP contribution in [0.1, 0.15) is 32.2 Å². The van der Waals surface area contributed by atoms with Crippen LogP contribution in [0.5, 0.6) is 0 Å². The molecule has 1 aliphatic rings. The standard InChI is InChI=1S/C18H18BrN5O2/c1-23(2)18(26)16-11-6-7-24(9-14(11)21-22-16)17(25)13-8-10-4-3-5-12(19)15(10)20-13/h3-5,8,20H,6-7,9H2,1-2H3,(H,21,22). The van der Waals surface area contributed by atoms with Crippen LogP contribution >= 0.6 is 15.9 Å². The summed E-state index contributed by atoms with van der Waals surface area (Å²) in [5.74, 6) is -0.184. The van der Waals surface area contributed by atoms with Crippen LogP contribution in [0.3, 0.4) is 0 Å². The van der Waals surface area contributed by atoms with Gasteiger partial charge in [0.2, 0.25) is 0 Å². The van der Waals surface area contributed by atoms with Crippen molar-refractivity contribution >= 4 is 38.6 Å². The third kappa shape index (κ3) is 2.70. The second-order valence-corrected chi connectivity index (χ2v) is 7.45. The second kappa shape index (κ2) is 6.28. The molecule has 2 aromatic heterocycles. The summed E-state index contributed by atoms with van der Waals surface area (Å²) in [6.45, 7) is 0.966. The highest BCUT2D eigenvalue weighted by Gasteiger charge is 2.29. The van der Waals surface area contributed by atoms with E-state index in [2.05, 4.69) is 31.1 Å². The number of nitrogens with one attached hydrogen (secondary N) is 2. The van der Waals surface area contributed by atoms with Gasteiger partial charge in [-0.25, -0.2) is 0 Å². The number of carbonyl (C=O) groups excluding carboxylic acids is 2. The Morgan fingerprint density at radius 2 is 2.12 bits per heavy atom. The molecule has 26 heavy (non-hydrogen) atoms. The Balaban J connectivity index is 1.59. The third-order valence-electron chi connectivity index (χ3n) is 4.67. The van der Waals surface area contributed by atoms with E-state index in [1.807, 2.05) is 24.3 Å². The molecule has 134 valence electrons. The van der Waals surface area contributed by atoms with Crippen LogP contribution in [0.25, 0.3) is 10.9 Å². The zero-order valence-electron chi connectivity index (χ0n) is 14.5. The molecule has 1 aromatic carbocycles. The highest BCUT2D eigenvalue weighted by Crippen LogP contribution is 2.26. The summed E-state index contributed by atoms with van der Waals surface area (Å²) in [6, 6.07) is 7.71. The van der Waals surface area contributed by atoms with E-state index in [0.29, 0.717) is 30.9 Å². The van der Waals surface area contributed by atoms with Crippen LogP contribution in [-0.4, -0.2) is 57.4 Å². The molecule has 1 aliphatic heterocycles. The zero-order chi connectivity index (χ0) is 18.4. The summed E-state index contributed by atoms with van der Waals surface area (Å²) in [5, 5.41) is 8.08. The van der Waals surface area contributed by atoms with E-state index in [0.717, 1.165) is 26.6 Å². The minimum absolute atomic E-state index is 0.0613. The van der Waals surface area contributed by atoms with Crippen molar-refractivity contribution in [3.8, 4) is 0 Å². The van der Waals surface area contributed by atoms with Crippen molar-refractivity contribution in [2.24, 2.45) is 0 Å². The SMILES string of the molecule is CN(C)C(=O)c1n[nH]c2c1CCN(C(=O)c1cc3cccc(Br)c3[nH]1)C2. The van der Waals surface area contributed by atoms with E-state index < -0.39 is 0 Å². The fourth-order valence-electron chi connectivity index (χ4n) is 3.28. The molecule has 0 spiro atoms. The van der Waals surface area contributed by atoms with E-state index in [1.54, 1.807) is 19.0 Å². The molecule has 3 heterocycles. The largest absolute Gasteiger partial charge is 0.350 e. The van der Waals surface area contributed by atoms with Gasteiger partial charge in [-0.3, -0.25) is 14.7 Å². The Kier molecular flexibility index (Phi) is 4.07. The first kappa shape index (κ1) is 16.8. The lowest BCUT2D eigenvalue weighted by Gasteiger charge is -2.26. The molecule has 0 unspecified atom stereocenters. The molecule has 4 rings (SSSR count). The lowest BCUT2D eigenvalue weighted by Crippen LogP contribution is -2.36. The van der Waals surface area contributed by atoms with Gasteiger partial charge < -0.3 is 14.8 Å². The Morgan fingerprint density at radius 1 is 1.31 bits per heavy atom. The van der Waals surface area contributed by atoms with Crippen LogP contribution in [-0.2, 0) is 13.0 Å². The molecule has 0 fully saturated rings. The Hall–Kier alpha value is -2.61. The highest BCUT2D eigenvalue weighted by atomic mass is 79.9. The van der Waals surface area contributed by atoms with Crippen molar-refractivity contribution in [1.82, 2.24) is 25.0 Å². The van der Waals surface area contributed by atoms with Crippen molar-refractivity contribution in [3.05, 3.63) is 51.4 Å². The average Bonchev–Trinajstić information content (AvgIpc) is 3.24. The van der Waals surface area contributed by atoms with Gasteiger partial charge in [-0.1, -0.05) is 12.1 Å². The quantitative estimate of drug-likeness (QED) is 0.674. The predicted molar refractivity (Wildman–Crippen MR) is 101 cm³/mol. The van der Waals surface area contributed by atoms with Gasteiger partial charge in [-0.15, -0.1) is 0 Å². The fourth-order valence-corrected chi connectivity index (χ4v) is 3.77. The number of hydrogen-bond donors (Lipinski definition) is 2. The predicted octanol–water partition coefficient (Wildman–Crippen LogP) is 2.55. The van der Waals surface area contributed by atoms with Crippen molar-refractivity contribution in [3.63, 3.8) is 0 Å². The van der Waals surface area contributed by atoms with Gasteiger partial charge in [0.05, 0.1) is 17.8 Å². The molecule has 3 aromatic rings. The number of aromatic amines is 2. The lowest BCUT2D eigenvalue weighted by molar-refractivity contribution is 0.0727. The number of nitrogens with zero attached hydrogens (tertiary/aromatic N) is 3. The Bertz CT molecular complexity index is 1020. The normalized spacial score (nSPS) is 13.7. The van der Waals surface area contributed by atoms with E-state index in [9.17, 15) is 9.59 Å². The summed E-state index contributed by atoms with van der Waals surface area (Å²) in [5.41, 5.74) is 3.65. The van der Waals surface area contributed by atoms with E-state index in [-0.39, 0.29) is 11.8 Å². The molecule has 0 saturated heterocycles.